The van der Waals surface area contributed by atoms with E-state index in [1.165, 1.54) is 12.3 Å². The number of furan rings is 1. The molecule has 3 rings (SSSR count). The Labute approximate surface area is 119 Å². The highest BCUT2D eigenvalue weighted by Gasteiger charge is 2.15. The highest BCUT2D eigenvalue weighted by molar-refractivity contribution is 5.81. The molecule has 3 aromatic heterocycles. The fourth-order valence-corrected chi connectivity index (χ4v) is 2.02. The van der Waals surface area contributed by atoms with E-state index in [1.807, 2.05) is 6.07 Å². The number of nitrogens with zero attached hydrogens (tertiary/aromatic N) is 2. The zero-order chi connectivity index (χ0) is 14.8. The van der Waals surface area contributed by atoms with Gasteiger partial charge in [-0.05, 0) is 24.3 Å². The summed E-state index contributed by atoms with van der Waals surface area (Å²) in [6, 6.07) is 10.2. The monoisotopic (exact) mass is 278 g/mol. The van der Waals surface area contributed by atoms with Gasteiger partial charge >= 0.3 is 0 Å². The van der Waals surface area contributed by atoms with Gasteiger partial charge in [0.1, 0.15) is 17.6 Å². The summed E-state index contributed by atoms with van der Waals surface area (Å²) in [5.74, 6) is 0.671. The number of hydrogen-bond acceptors (Lipinski definition) is 5. The number of H-pyrrole nitrogens is 1. The van der Waals surface area contributed by atoms with Crippen molar-refractivity contribution in [3.8, 4) is 28.7 Å². The topological polar surface area (TPSA) is 109 Å². The van der Waals surface area contributed by atoms with Crippen molar-refractivity contribution in [2.75, 3.05) is 5.73 Å². The average molecular weight is 278 g/mol. The molecule has 0 atom stereocenters. The molecule has 0 saturated heterocycles. The number of rotatable bonds is 2. The fourth-order valence-electron chi connectivity index (χ4n) is 2.02. The first kappa shape index (κ1) is 12.7. The molecule has 0 bridgehead atoms. The molecule has 0 unspecified atom stereocenters. The third-order valence-corrected chi connectivity index (χ3v) is 3.02. The van der Waals surface area contributed by atoms with Crippen LogP contribution >= 0.6 is 0 Å². The molecule has 0 amide bonds. The van der Waals surface area contributed by atoms with Crippen molar-refractivity contribution >= 4 is 5.82 Å². The van der Waals surface area contributed by atoms with Gasteiger partial charge < -0.3 is 15.1 Å². The van der Waals surface area contributed by atoms with Crippen LogP contribution in [0.25, 0.3) is 22.6 Å². The van der Waals surface area contributed by atoms with E-state index in [2.05, 4.69) is 9.97 Å². The Hall–Kier alpha value is -3.33. The van der Waals surface area contributed by atoms with Crippen LogP contribution in [0.1, 0.15) is 5.56 Å². The summed E-state index contributed by atoms with van der Waals surface area (Å²) < 4.78 is 5.36. The zero-order valence-electron chi connectivity index (χ0n) is 10.8. The molecule has 6 nitrogen and oxygen atoms in total. The van der Waals surface area contributed by atoms with E-state index in [9.17, 15) is 4.79 Å². The Balaban J connectivity index is 2.29. The van der Waals surface area contributed by atoms with Crippen LogP contribution in [0.2, 0.25) is 0 Å². The maximum Gasteiger partial charge on any atom is 0.247 e. The van der Waals surface area contributed by atoms with Crippen LogP contribution in [0, 0.1) is 11.3 Å². The molecular formula is C15H10N4O2. The van der Waals surface area contributed by atoms with Gasteiger partial charge in [-0.3, -0.25) is 4.79 Å². The molecule has 6 heteroatoms. The molecule has 21 heavy (non-hydrogen) atoms. The lowest BCUT2D eigenvalue weighted by Gasteiger charge is -2.09. The summed E-state index contributed by atoms with van der Waals surface area (Å²) in [6.07, 6.45) is 3.09. The minimum atomic E-state index is -0.206. The predicted octanol–water partition coefficient (Wildman–Crippen LogP) is 2.15. The summed E-state index contributed by atoms with van der Waals surface area (Å²) in [5, 5.41) is 9.10. The van der Waals surface area contributed by atoms with Gasteiger partial charge in [-0.1, -0.05) is 0 Å². The highest BCUT2D eigenvalue weighted by Crippen LogP contribution is 2.32. The molecule has 3 aromatic rings. The third-order valence-electron chi connectivity index (χ3n) is 3.02. The van der Waals surface area contributed by atoms with Crippen molar-refractivity contribution in [2.45, 2.75) is 0 Å². The number of nitrogen functional groups attached to an aromatic ring is 1. The van der Waals surface area contributed by atoms with E-state index in [0.717, 1.165) is 0 Å². The maximum absolute atomic E-state index is 11.2. The normalized spacial score (nSPS) is 10.2. The van der Waals surface area contributed by atoms with E-state index >= 15 is 0 Å². The summed E-state index contributed by atoms with van der Waals surface area (Å²) in [5.41, 5.74) is 7.73. The summed E-state index contributed by atoms with van der Waals surface area (Å²) in [6.45, 7) is 0. The number of anilines is 1. The molecule has 0 fully saturated rings. The van der Waals surface area contributed by atoms with E-state index in [0.29, 0.717) is 22.6 Å². The molecule has 0 aromatic carbocycles. The summed E-state index contributed by atoms with van der Waals surface area (Å²) in [7, 11) is 0. The molecule has 102 valence electrons. The SMILES string of the molecule is N#Cc1cc(-c2ccc(=O)[nH]c2)c(-c2ccco2)nc1N. The first-order valence-electron chi connectivity index (χ1n) is 6.12. The molecule has 0 aliphatic carbocycles. The number of aromatic amines is 1. The van der Waals surface area contributed by atoms with Crippen LogP contribution in [-0.4, -0.2) is 9.97 Å². The van der Waals surface area contributed by atoms with Gasteiger partial charge in [-0.2, -0.15) is 5.26 Å². The second kappa shape index (κ2) is 4.98. The van der Waals surface area contributed by atoms with Crippen LogP contribution in [0.4, 0.5) is 5.82 Å². The van der Waals surface area contributed by atoms with Crippen molar-refractivity contribution in [2.24, 2.45) is 0 Å². The minimum absolute atomic E-state index is 0.136. The van der Waals surface area contributed by atoms with Crippen molar-refractivity contribution in [1.29, 1.82) is 5.26 Å². The quantitative estimate of drug-likeness (QED) is 0.746. The van der Waals surface area contributed by atoms with Gasteiger partial charge in [0.15, 0.2) is 5.76 Å². The van der Waals surface area contributed by atoms with Crippen molar-refractivity contribution in [3.05, 3.63) is 58.7 Å². The first-order chi connectivity index (χ1) is 10.2. The minimum Gasteiger partial charge on any atom is -0.463 e. The van der Waals surface area contributed by atoms with Gasteiger partial charge in [-0.25, -0.2) is 4.98 Å². The Morgan fingerprint density at radius 3 is 2.81 bits per heavy atom. The van der Waals surface area contributed by atoms with Gasteiger partial charge in [0.2, 0.25) is 5.56 Å². The van der Waals surface area contributed by atoms with Crippen LogP contribution in [0.15, 0.2) is 52.0 Å². The van der Waals surface area contributed by atoms with Crippen molar-refractivity contribution in [3.63, 3.8) is 0 Å². The lowest BCUT2D eigenvalue weighted by molar-refractivity contribution is 0.580. The molecule has 0 aliphatic rings. The van der Waals surface area contributed by atoms with E-state index in [-0.39, 0.29) is 16.9 Å². The Morgan fingerprint density at radius 2 is 2.19 bits per heavy atom. The predicted molar refractivity (Wildman–Crippen MR) is 77.1 cm³/mol. The lowest BCUT2D eigenvalue weighted by Crippen LogP contribution is -2.03. The second-order valence-electron chi connectivity index (χ2n) is 4.35. The third kappa shape index (κ3) is 2.28. The van der Waals surface area contributed by atoms with Gasteiger partial charge in [0.05, 0.1) is 11.8 Å². The smallest absolute Gasteiger partial charge is 0.247 e. The van der Waals surface area contributed by atoms with Gasteiger partial charge in [-0.15, -0.1) is 0 Å². The molecule has 0 spiro atoms. The Morgan fingerprint density at radius 1 is 1.33 bits per heavy atom. The van der Waals surface area contributed by atoms with E-state index < -0.39 is 0 Å². The molecule has 0 aliphatic heterocycles. The summed E-state index contributed by atoms with van der Waals surface area (Å²) in [4.78, 5) is 18.0. The van der Waals surface area contributed by atoms with Crippen molar-refractivity contribution in [1.82, 2.24) is 9.97 Å². The number of aromatic nitrogens is 2. The molecule has 3 N–H and O–H groups in total. The Bertz CT molecular complexity index is 869. The van der Waals surface area contributed by atoms with Crippen LogP contribution in [-0.2, 0) is 0 Å². The lowest BCUT2D eigenvalue weighted by atomic mass is 10.0. The van der Waals surface area contributed by atoms with Crippen LogP contribution in [0.3, 0.4) is 0 Å². The second-order valence-corrected chi connectivity index (χ2v) is 4.35. The first-order valence-corrected chi connectivity index (χ1v) is 6.12. The Kier molecular flexibility index (Phi) is 3.01. The van der Waals surface area contributed by atoms with Gasteiger partial charge in [0, 0.05) is 23.4 Å². The average Bonchev–Trinajstić information content (AvgIpc) is 3.02. The maximum atomic E-state index is 11.2. The molecule has 0 radical (unpaired) electrons. The van der Waals surface area contributed by atoms with E-state index in [4.69, 9.17) is 15.4 Å². The number of nitriles is 1. The van der Waals surface area contributed by atoms with Crippen molar-refractivity contribution < 1.29 is 4.42 Å². The van der Waals surface area contributed by atoms with E-state index in [1.54, 1.807) is 30.5 Å². The zero-order valence-corrected chi connectivity index (χ0v) is 10.8. The number of pyridine rings is 2. The molecule has 0 saturated carbocycles. The van der Waals surface area contributed by atoms with Gasteiger partial charge in [0.25, 0.3) is 0 Å². The number of hydrogen-bond donors (Lipinski definition) is 2. The standard InChI is InChI=1S/C15H10N4O2/c16-7-10-6-11(9-3-4-13(20)18-8-9)14(19-15(10)17)12-2-1-5-21-12/h1-6,8H,(H2,17,19)(H,18,20). The molecule has 3 heterocycles. The largest absolute Gasteiger partial charge is 0.463 e. The molecular weight excluding hydrogens is 268 g/mol. The number of nitrogens with two attached hydrogens (primary N) is 1. The fraction of sp³-hybridized carbons (Fsp3) is 0. The number of nitrogens with one attached hydrogen (secondary N) is 1. The summed E-state index contributed by atoms with van der Waals surface area (Å²) >= 11 is 0. The van der Waals surface area contributed by atoms with Crippen LogP contribution < -0.4 is 11.3 Å². The van der Waals surface area contributed by atoms with Crippen LogP contribution in [0.5, 0.6) is 0 Å². The highest BCUT2D eigenvalue weighted by atomic mass is 16.3.